The Balaban J connectivity index is 1.53. The second-order valence-electron chi connectivity index (χ2n) is 7.36. The smallest absolute Gasteiger partial charge is 0.247 e. The number of anilines is 2. The summed E-state index contributed by atoms with van der Waals surface area (Å²) >= 11 is 0. The van der Waals surface area contributed by atoms with Crippen LogP contribution in [-0.4, -0.2) is 55.4 Å². The Labute approximate surface area is 177 Å². The van der Waals surface area contributed by atoms with E-state index < -0.39 is 17.8 Å². The number of nitrogens with one attached hydrogen (secondary N) is 1. The third kappa shape index (κ3) is 3.74. The van der Waals surface area contributed by atoms with Gasteiger partial charge < -0.3 is 25.3 Å². The Morgan fingerprint density at radius 3 is 2.87 bits per heavy atom. The summed E-state index contributed by atoms with van der Waals surface area (Å²) in [6.45, 7) is 1.82. The van der Waals surface area contributed by atoms with Crippen molar-refractivity contribution in [1.82, 2.24) is 24.4 Å². The highest BCUT2D eigenvalue weighted by molar-refractivity contribution is 5.98. The molecule has 3 N–H and O–H groups in total. The number of fused-ring (bicyclic) bond motifs is 1. The highest BCUT2D eigenvalue weighted by atomic mass is 19.1. The second kappa shape index (κ2) is 8.17. The molecule has 1 saturated heterocycles. The van der Waals surface area contributed by atoms with E-state index in [-0.39, 0.29) is 35.7 Å². The van der Waals surface area contributed by atoms with Crippen molar-refractivity contribution in [3.8, 4) is 5.75 Å². The van der Waals surface area contributed by atoms with Gasteiger partial charge in [0.15, 0.2) is 23.0 Å². The molecule has 2 atom stereocenters. The second-order valence-corrected chi connectivity index (χ2v) is 7.36. The van der Waals surface area contributed by atoms with E-state index in [2.05, 4.69) is 20.3 Å². The van der Waals surface area contributed by atoms with Crippen LogP contribution in [0.2, 0.25) is 0 Å². The van der Waals surface area contributed by atoms with Crippen molar-refractivity contribution in [3.63, 3.8) is 0 Å². The number of nitrogens with zero attached hydrogens (tertiary/aromatic N) is 5. The monoisotopic (exact) mass is 427 g/mol. The van der Waals surface area contributed by atoms with Crippen molar-refractivity contribution in [2.75, 3.05) is 18.2 Å². The molecule has 10 nitrogen and oxygen atoms in total. The summed E-state index contributed by atoms with van der Waals surface area (Å²) < 4.78 is 21.0. The highest BCUT2D eigenvalue weighted by Gasteiger charge is 2.39. The largest absolute Gasteiger partial charge is 0.494 e. The molecule has 1 aromatic carbocycles. The van der Waals surface area contributed by atoms with E-state index in [1.54, 1.807) is 10.6 Å². The van der Waals surface area contributed by atoms with Crippen LogP contribution in [0.3, 0.4) is 0 Å². The molecule has 0 bridgehead atoms. The molecule has 31 heavy (non-hydrogen) atoms. The molecule has 1 fully saturated rings. The molecule has 0 spiro atoms. The summed E-state index contributed by atoms with van der Waals surface area (Å²) in [6.07, 6.45) is 3.90. The first-order chi connectivity index (χ1) is 14.9. The van der Waals surface area contributed by atoms with Crippen molar-refractivity contribution >= 4 is 34.5 Å². The van der Waals surface area contributed by atoms with Gasteiger partial charge in [0.05, 0.1) is 19.1 Å². The molecule has 2 aromatic heterocycles. The molecule has 162 valence electrons. The maximum Gasteiger partial charge on any atom is 0.247 e. The fourth-order valence-corrected chi connectivity index (χ4v) is 3.88. The first-order valence-corrected chi connectivity index (χ1v) is 9.76. The van der Waals surface area contributed by atoms with Gasteiger partial charge in [0.25, 0.3) is 0 Å². The minimum atomic E-state index is -0.720. The number of carbonyl (C=O) groups is 2. The SMILES string of the molecule is COc1cccc(NC(=O)[C@@H]2CC[C@@H](C)N2C(=O)Cn2cnc3c(N)ncnc32)c1F. The topological polar surface area (TPSA) is 128 Å². The molecule has 2 amide bonds. The average molecular weight is 427 g/mol. The van der Waals surface area contributed by atoms with Crippen molar-refractivity contribution < 1.29 is 18.7 Å². The molecule has 3 heterocycles. The van der Waals surface area contributed by atoms with Crippen LogP contribution in [-0.2, 0) is 16.1 Å². The van der Waals surface area contributed by atoms with Gasteiger partial charge in [-0.25, -0.2) is 19.3 Å². The summed E-state index contributed by atoms with van der Waals surface area (Å²) in [7, 11) is 1.35. The van der Waals surface area contributed by atoms with E-state index in [0.717, 1.165) is 0 Å². The molecule has 3 aromatic rings. The fourth-order valence-electron chi connectivity index (χ4n) is 3.88. The Kier molecular flexibility index (Phi) is 5.40. The molecule has 0 aliphatic carbocycles. The molecule has 11 heteroatoms. The van der Waals surface area contributed by atoms with Crippen molar-refractivity contribution in [2.45, 2.75) is 38.4 Å². The highest BCUT2D eigenvalue weighted by Crippen LogP contribution is 2.28. The van der Waals surface area contributed by atoms with Crippen LogP contribution in [0.1, 0.15) is 19.8 Å². The van der Waals surface area contributed by atoms with Crippen LogP contribution in [0.5, 0.6) is 5.75 Å². The van der Waals surface area contributed by atoms with Crippen LogP contribution in [0.15, 0.2) is 30.9 Å². The quantitative estimate of drug-likeness (QED) is 0.632. The number of carbonyl (C=O) groups excluding carboxylic acids is 2. The number of imidazole rings is 1. The standard InChI is InChI=1S/C20H22FN7O3/c1-11-6-7-13(20(30)26-12-4-3-5-14(31-2)16(12)21)28(11)15(29)8-27-10-25-17-18(22)23-9-24-19(17)27/h3-5,9-11,13H,6-8H2,1-2H3,(H,26,30)(H2,22,23,24)/t11-,13+/m1/s1. The lowest BCUT2D eigenvalue weighted by molar-refractivity contribution is -0.138. The minimum Gasteiger partial charge on any atom is -0.494 e. The van der Waals surface area contributed by atoms with Crippen LogP contribution >= 0.6 is 0 Å². The third-order valence-corrected chi connectivity index (χ3v) is 5.44. The summed E-state index contributed by atoms with van der Waals surface area (Å²) in [5, 5.41) is 2.58. The van der Waals surface area contributed by atoms with E-state index in [1.165, 1.54) is 36.8 Å². The lowest BCUT2D eigenvalue weighted by Crippen LogP contribution is -2.47. The van der Waals surface area contributed by atoms with Gasteiger partial charge in [-0.3, -0.25) is 9.59 Å². The number of nitrogen functional groups attached to an aromatic ring is 1. The Bertz CT molecular complexity index is 1150. The summed E-state index contributed by atoms with van der Waals surface area (Å²) in [6, 6.07) is 3.62. The van der Waals surface area contributed by atoms with Crippen LogP contribution in [0, 0.1) is 5.82 Å². The normalized spacial score (nSPS) is 18.4. The zero-order valence-corrected chi connectivity index (χ0v) is 17.1. The maximum atomic E-state index is 14.4. The number of likely N-dealkylation sites (tertiary alicyclic amines) is 1. The van der Waals surface area contributed by atoms with E-state index in [1.807, 2.05) is 6.92 Å². The third-order valence-electron chi connectivity index (χ3n) is 5.44. The Morgan fingerprint density at radius 2 is 2.10 bits per heavy atom. The Hall–Kier alpha value is -3.76. The van der Waals surface area contributed by atoms with Gasteiger partial charge in [-0.05, 0) is 31.9 Å². The van der Waals surface area contributed by atoms with Gasteiger partial charge in [0, 0.05) is 6.04 Å². The predicted molar refractivity (Wildman–Crippen MR) is 111 cm³/mol. The van der Waals surface area contributed by atoms with Gasteiger partial charge in [0.2, 0.25) is 11.8 Å². The van der Waals surface area contributed by atoms with Crippen molar-refractivity contribution in [3.05, 3.63) is 36.7 Å². The minimum absolute atomic E-state index is 0.00378. The fraction of sp³-hybridized carbons (Fsp3) is 0.350. The number of rotatable bonds is 5. The number of aromatic nitrogens is 4. The van der Waals surface area contributed by atoms with Crippen LogP contribution in [0.4, 0.5) is 15.9 Å². The molecule has 4 rings (SSSR count). The summed E-state index contributed by atoms with van der Waals surface area (Å²) in [5.74, 6) is -1.13. The van der Waals surface area contributed by atoms with Gasteiger partial charge in [-0.2, -0.15) is 0 Å². The van der Waals surface area contributed by atoms with E-state index in [0.29, 0.717) is 24.0 Å². The zero-order chi connectivity index (χ0) is 22.1. The average Bonchev–Trinajstić information content (AvgIpc) is 3.34. The summed E-state index contributed by atoms with van der Waals surface area (Å²) in [5.41, 5.74) is 6.65. The number of methoxy groups -OCH3 is 1. The zero-order valence-electron chi connectivity index (χ0n) is 17.1. The van der Waals surface area contributed by atoms with Crippen LogP contribution < -0.4 is 15.8 Å². The lowest BCUT2D eigenvalue weighted by Gasteiger charge is -2.28. The number of ether oxygens (including phenoxy) is 1. The number of amides is 2. The molecule has 1 aliphatic rings. The van der Waals surface area contributed by atoms with Crippen LogP contribution in [0.25, 0.3) is 11.2 Å². The molecule has 0 unspecified atom stereocenters. The lowest BCUT2D eigenvalue weighted by atomic mass is 10.2. The number of benzene rings is 1. The molecule has 1 aliphatic heterocycles. The number of nitrogens with two attached hydrogens (primary N) is 1. The molecule has 0 radical (unpaired) electrons. The first kappa shape index (κ1) is 20.5. The van der Waals surface area contributed by atoms with Gasteiger partial charge in [-0.1, -0.05) is 6.07 Å². The van der Waals surface area contributed by atoms with Gasteiger partial charge >= 0.3 is 0 Å². The molecular formula is C20H22FN7O3. The molecule has 0 saturated carbocycles. The predicted octanol–water partition coefficient (Wildman–Crippen LogP) is 1.57. The van der Waals surface area contributed by atoms with Crippen molar-refractivity contribution in [1.29, 1.82) is 0 Å². The first-order valence-electron chi connectivity index (χ1n) is 9.76. The number of hydrogen-bond acceptors (Lipinski definition) is 7. The number of halogens is 1. The maximum absolute atomic E-state index is 14.4. The molecular weight excluding hydrogens is 405 g/mol. The van der Waals surface area contributed by atoms with E-state index in [9.17, 15) is 14.0 Å². The van der Waals surface area contributed by atoms with Gasteiger partial charge in [0.1, 0.15) is 24.4 Å². The number of hydrogen-bond donors (Lipinski definition) is 2. The summed E-state index contributed by atoms with van der Waals surface area (Å²) in [4.78, 5) is 39.8. The van der Waals surface area contributed by atoms with Gasteiger partial charge in [-0.15, -0.1) is 0 Å². The van der Waals surface area contributed by atoms with E-state index >= 15 is 0 Å². The van der Waals surface area contributed by atoms with Crippen molar-refractivity contribution in [2.24, 2.45) is 0 Å². The Morgan fingerprint density at radius 1 is 1.29 bits per heavy atom. The van der Waals surface area contributed by atoms with E-state index in [4.69, 9.17) is 10.5 Å².